The van der Waals surface area contributed by atoms with Crippen molar-refractivity contribution in [2.45, 2.75) is 31.8 Å². The van der Waals surface area contributed by atoms with E-state index in [1.807, 2.05) is 0 Å². The Labute approximate surface area is 191 Å². The van der Waals surface area contributed by atoms with Crippen molar-refractivity contribution < 1.29 is 32.4 Å². The van der Waals surface area contributed by atoms with Gasteiger partial charge in [-0.1, -0.05) is 26.0 Å². The van der Waals surface area contributed by atoms with E-state index < -0.39 is 32.9 Å². The van der Waals surface area contributed by atoms with Gasteiger partial charge in [0.05, 0.1) is 17.6 Å². The zero-order valence-corrected chi connectivity index (χ0v) is 19.4. The number of hydrogen-bond donors (Lipinski definition) is 1. The lowest BCUT2D eigenvalue weighted by atomic mass is 10.2. The van der Waals surface area contributed by atoms with Gasteiger partial charge in [-0.05, 0) is 31.2 Å². The standard InChI is InChI=1S/C21H25N3O8S/c1-5-23(6-2)33(29,30)19-13-15(11-12-18(19)31-4)21(26)32-14(3)20(25)22-16-9-7-8-10-17(16)24(27)28/h7-14H,5-6H2,1-4H3,(H,22,25). The summed E-state index contributed by atoms with van der Waals surface area (Å²) >= 11 is 0. The van der Waals surface area contributed by atoms with Crippen LogP contribution in [0.3, 0.4) is 0 Å². The van der Waals surface area contributed by atoms with Crippen LogP contribution in [0.15, 0.2) is 47.4 Å². The lowest BCUT2D eigenvalue weighted by Crippen LogP contribution is -2.31. The molecule has 178 valence electrons. The van der Waals surface area contributed by atoms with Gasteiger partial charge < -0.3 is 14.8 Å². The number of sulfonamides is 1. The highest BCUT2D eigenvalue weighted by Gasteiger charge is 2.28. The number of para-hydroxylation sites is 2. The van der Waals surface area contributed by atoms with E-state index in [1.165, 1.54) is 54.7 Å². The van der Waals surface area contributed by atoms with Gasteiger partial charge in [-0.15, -0.1) is 0 Å². The molecule has 11 nitrogen and oxygen atoms in total. The minimum atomic E-state index is -3.94. The SMILES string of the molecule is CCN(CC)S(=O)(=O)c1cc(C(=O)OC(C)C(=O)Nc2ccccc2[N+](=O)[O-])ccc1OC. The molecule has 33 heavy (non-hydrogen) atoms. The highest BCUT2D eigenvalue weighted by molar-refractivity contribution is 7.89. The number of esters is 1. The van der Waals surface area contributed by atoms with Crippen LogP contribution in [0.5, 0.6) is 5.75 Å². The highest BCUT2D eigenvalue weighted by atomic mass is 32.2. The Morgan fingerprint density at radius 3 is 2.36 bits per heavy atom. The van der Waals surface area contributed by atoms with E-state index in [4.69, 9.17) is 9.47 Å². The number of carbonyl (C=O) groups excluding carboxylic acids is 2. The van der Waals surface area contributed by atoms with Gasteiger partial charge in [0.1, 0.15) is 16.3 Å². The molecule has 0 aliphatic heterocycles. The first-order chi connectivity index (χ1) is 15.6. The third-order valence-electron chi connectivity index (χ3n) is 4.73. The van der Waals surface area contributed by atoms with Gasteiger partial charge in [-0.2, -0.15) is 4.31 Å². The number of anilines is 1. The monoisotopic (exact) mass is 479 g/mol. The predicted octanol–water partition coefficient (Wildman–Crippen LogP) is 2.82. The summed E-state index contributed by atoms with van der Waals surface area (Å²) in [5, 5.41) is 13.5. The van der Waals surface area contributed by atoms with Gasteiger partial charge in [0, 0.05) is 19.2 Å². The number of ether oxygens (including phenoxy) is 2. The number of rotatable bonds is 10. The molecular formula is C21H25N3O8S. The first-order valence-electron chi connectivity index (χ1n) is 10.00. The van der Waals surface area contributed by atoms with Crippen molar-refractivity contribution in [3.05, 3.63) is 58.1 Å². The molecule has 2 aromatic rings. The predicted molar refractivity (Wildman–Crippen MR) is 120 cm³/mol. The summed E-state index contributed by atoms with van der Waals surface area (Å²) in [4.78, 5) is 35.3. The zero-order valence-electron chi connectivity index (χ0n) is 18.6. The highest BCUT2D eigenvalue weighted by Crippen LogP contribution is 2.28. The number of nitro groups is 1. The third kappa shape index (κ3) is 5.84. The van der Waals surface area contributed by atoms with Gasteiger partial charge in [-0.25, -0.2) is 13.2 Å². The van der Waals surface area contributed by atoms with Crippen molar-refractivity contribution >= 4 is 33.3 Å². The van der Waals surface area contributed by atoms with Crippen LogP contribution in [0.4, 0.5) is 11.4 Å². The molecule has 2 aromatic carbocycles. The van der Waals surface area contributed by atoms with Gasteiger partial charge in [0.2, 0.25) is 10.0 Å². The summed E-state index contributed by atoms with van der Waals surface area (Å²) in [6, 6.07) is 9.29. The van der Waals surface area contributed by atoms with Crippen molar-refractivity contribution in [1.29, 1.82) is 0 Å². The maximum atomic E-state index is 12.9. The maximum absolute atomic E-state index is 12.9. The number of hydrogen-bond acceptors (Lipinski definition) is 8. The molecule has 0 spiro atoms. The molecule has 0 saturated heterocycles. The normalized spacial score (nSPS) is 12.2. The van der Waals surface area contributed by atoms with Gasteiger partial charge >= 0.3 is 5.97 Å². The minimum absolute atomic E-state index is 0.0487. The van der Waals surface area contributed by atoms with E-state index in [-0.39, 0.29) is 40.7 Å². The number of carbonyl (C=O) groups is 2. The molecule has 1 amide bonds. The van der Waals surface area contributed by atoms with Crippen LogP contribution in [0.1, 0.15) is 31.1 Å². The molecule has 0 aliphatic rings. The number of benzene rings is 2. The summed E-state index contributed by atoms with van der Waals surface area (Å²) in [7, 11) is -2.63. The van der Waals surface area contributed by atoms with Crippen molar-refractivity contribution in [3.63, 3.8) is 0 Å². The molecule has 1 N–H and O–H groups in total. The lowest BCUT2D eigenvalue weighted by Gasteiger charge is -2.20. The fourth-order valence-corrected chi connectivity index (χ4v) is 4.60. The van der Waals surface area contributed by atoms with Crippen molar-refractivity contribution in [1.82, 2.24) is 4.31 Å². The quantitative estimate of drug-likeness (QED) is 0.311. The lowest BCUT2D eigenvalue weighted by molar-refractivity contribution is -0.383. The molecule has 0 bridgehead atoms. The molecule has 1 atom stereocenters. The van der Waals surface area contributed by atoms with E-state index in [0.717, 1.165) is 6.07 Å². The smallest absolute Gasteiger partial charge is 0.338 e. The Bertz CT molecular complexity index is 1150. The first-order valence-corrected chi connectivity index (χ1v) is 11.4. The van der Waals surface area contributed by atoms with Crippen LogP contribution in [-0.4, -0.2) is 55.8 Å². The fourth-order valence-electron chi connectivity index (χ4n) is 2.96. The Morgan fingerprint density at radius 2 is 1.79 bits per heavy atom. The van der Waals surface area contributed by atoms with Crippen LogP contribution < -0.4 is 10.1 Å². The summed E-state index contributed by atoms with van der Waals surface area (Å²) < 4.78 is 37.4. The number of methoxy groups -OCH3 is 1. The molecule has 0 heterocycles. The molecule has 0 aliphatic carbocycles. The number of nitro benzene ring substituents is 1. The van der Waals surface area contributed by atoms with E-state index in [1.54, 1.807) is 13.8 Å². The van der Waals surface area contributed by atoms with Crippen LogP contribution in [-0.2, 0) is 19.6 Å². The van der Waals surface area contributed by atoms with Crippen LogP contribution in [0, 0.1) is 10.1 Å². The molecular weight excluding hydrogens is 454 g/mol. The first kappa shape index (κ1) is 25.7. The number of nitrogens with zero attached hydrogens (tertiary/aromatic N) is 2. The Kier molecular flexibility index (Phi) is 8.49. The third-order valence-corrected chi connectivity index (χ3v) is 6.81. The van der Waals surface area contributed by atoms with Gasteiger partial charge in [-0.3, -0.25) is 14.9 Å². The van der Waals surface area contributed by atoms with Crippen molar-refractivity contribution in [3.8, 4) is 5.75 Å². The van der Waals surface area contributed by atoms with E-state index in [2.05, 4.69) is 5.32 Å². The van der Waals surface area contributed by atoms with Crippen LogP contribution in [0.25, 0.3) is 0 Å². The summed E-state index contributed by atoms with van der Waals surface area (Å²) in [5.41, 5.74) is -0.467. The average molecular weight is 480 g/mol. The summed E-state index contributed by atoms with van der Waals surface area (Å²) in [6.07, 6.45) is -1.32. The number of nitrogens with one attached hydrogen (secondary N) is 1. The molecule has 0 fully saturated rings. The molecule has 12 heteroatoms. The fraction of sp³-hybridized carbons (Fsp3) is 0.333. The zero-order chi connectivity index (χ0) is 24.8. The van der Waals surface area contributed by atoms with Crippen molar-refractivity contribution in [2.75, 3.05) is 25.5 Å². The second-order valence-electron chi connectivity index (χ2n) is 6.77. The van der Waals surface area contributed by atoms with Crippen molar-refractivity contribution in [2.24, 2.45) is 0 Å². The molecule has 0 aromatic heterocycles. The van der Waals surface area contributed by atoms with Gasteiger partial charge in [0.25, 0.3) is 11.6 Å². The Balaban J connectivity index is 2.25. The topological polar surface area (TPSA) is 145 Å². The molecule has 0 saturated carbocycles. The summed E-state index contributed by atoms with van der Waals surface area (Å²) in [6.45, 7) is 5.10. The average Bonchev–Trinajstić information content (AvgIpc) is 2.79. The van der Waals surface area contributed by atoms with E-state index in [9.17, 15) is 28.1 Å². The molecule has 2 rings (SSSR count). The number of amides is 1. The minimum Gasteiger partial charge on any atom is -0.495 e. The largest absolute Gasteiger partial charge is 0.495 e. The van der Waals surface area contributed by atoms with Crippen LogP contribution in [0.2, 0.25) is 0 Å². The molecule has 0 radical (unpaired) electrons. The van der Waals surface area contributed by atoms with Crippen LogP contribution >= 0.6 is 0 Å². The second-order valence-corrected chi connectivity index (χ2v) is 8.67. The second kappa shape index (κ2) is 10.9. The molecule has 1 unspecified atom stereocenters. The van der Waals surface area contributed by atoms with E-state index in [0.29, 0.717) is 0 Å². The van der Waals surface area contributed by atoms with E-state index >= 15 is 0 Å². The summed E-state index contributed by atoms with van der Waals surface area (Å²) in [5.74, 6) is -1.68. The van der Waals surface area contributed by atoms with Gasteiger partial charge in [0.15, 0.2) is 6.10 Å². The Hall–Kier alpha value is -3.51. The maximum Gasteiger partial charge on any atom is 0.338 e. The Morgan fingerprint density at radius 1 is 1.15 bits per heavy atom.